The van der Waals surface area contributed by atoms with Crippen molar-refractivity contribution in [3.8, 4) is 0 Å². The molecule has 0 aliphatic carbocycles. The van der Waals surface area contributed by atoms with Crippen LogP contribution in [-0.4, -0.2) is 33.0 Å². The second-order valence-corrected chi connectivity index (χ2v) is 5.15. The third-order valence-electron chi connectivity index (χ3n) is 3.39. The maximum atomic E-state index is 13.2. The molecule has 1 heterocycles. The van der Waals surface area contributed by atoms with Gasteiger partial charge >= 0.3 is 17.5 Å². The molecule has 0 saturated heterocycles. The number of hydrogen-bond acceptors (Lipinski definition) is 5. The minimum Gasteiger partial charge on any atom is -0.385 e. The summed E-state index contributed by atoms with van der Waals surface area (Å²) >= 11 is 0. The van der Waals surface area contributed by atoms with Crippen LogP contribution in [0.2, 0.25) is 0 Å². The van der Waals surface area contributed by atoms with Crippen LogP contribution in [0, 0.1) is 15.9 Å². The zero-order chi connectivity index (χ0) is 18.6. The van der Waals surface area contributed by atoms with E-state index in [4.69, 9.17) is 0 Å². The Labute approximate surface area is 141 Å². The average Bonchev–Trinajstić information content (AvgIpc) is 2.99. The van der Waals surface area contributed by atoms with Crippen LogP contribution >= 0.6 is 0 Å². The highest BCUT2D eigenvalue weighted by Gasteiger charge is 2.19. The number of nitrogens with zero attached hydrogens (tertiary/aromatic N) is 2. The van der Waals surface area contributed by atoms with Crippen LogP contribution < -0.4 is 10.6 Å². The van der Waals surface area contributed by atoms with E-state index in [0.29, 0.717) is 5.69 Å². The maximum Gasteiger partial charge on any atom is 0.313 e. The summed E-state index contributed by atoms with van der Waals surface area (Å²) in [6.45, 7) is -0.201. The van der Waals surface area contributed by atoms with Gasteiger partial charge in [0.2, 0.25) is 5.82 Å². The molecule has 3 N–H and O–H groups in total. The number of anilines is 1. The van der Waals surface area contributed by atoms with Crippen molar-refractivity contribution >= 4 is 23.2 Å². The van der Waals surface area contributed by atoms with Gasteiger partial charge in [0.15, 0.2) is 0 Å². The number of aliphatic hydroxyl groups excluding tert-OH is 1. The van der Waals surface area contributed by atoms with E-state index >= 15 is 0 Å². The van der Waals surface area contributed by atoms with E-state index in [0.717, 1.165) is 18.2 Å². The molecule has 132 valence electrons. The maximum absolute atomic E-state index is 13.2. The summed E-state index contributed by atoms with van der Waals surface area (Å²) < 4.78 is 14.9. The second-order valence-electron chi connectivity index (χ2n) is 5.15. The molecule has 0 radical (unpaired) electrons. The molecule has 0 fully saturated rings. The molecule has 25 heavy (non-hydrogen) atoms. The highest BCUT2D eigenvalue weighted by Crippen LogP contribution is 2.21. The topological polar surface area (TPSA) is 126 Å². The molecule has 0 bridgehead atoms. The molecule has 2 amide bonds. The van der Waals surface area contributed by atoms with Gasteiger partial charge in [-0.1, -0.05) is 0 Å². The van der Waals surface area contributed by atoms with E-state index in [9.17, 15) is 29.2 Å². The number of carbonyl (C=O) groups is 2. The molecule has 0 aliphatic heterocycles. The first-order valence-corrected chi connectivity index (χ1v) is 7.12. The van der Waals surface area contributed by atoms with Crippen molar-refractivity contribution in [2.45, 2.75) is 6.10 Å². The molecule has 1 atom stereocenters. The van der Waals surface area contributed by atoms with Gasteiger partial charge in [0.25, 0.3) is 0 Å². The Hall–Kier alpha value is -3.27. The van der Waals surface area contributed by atoms with Crippen LogP contribution in [0.25, 0.3) is 0 Å². The van der Waals surface area contributed by atoms with E-state index in [2.05, 4.69) is 10.6 Å². The van der Waals surface area contributed by atoms with Crippen LogP contribution in [0.1, 0.15) is 11.8 Å². The molecule has 1 unspecified atom stereocenters. The molecule has 1 aromatic carbocycles. The first-order valence-electron chi connectivity index (χ1n) is 7.12. The molecule has 9 nitrogen and oxygen atoms in total. The van der Waals surface area contributed by atoms with Crippen molar-refractivity contribution in [1.82, 2.24) is 9.88 Å². The van der Waals surface area contributed by atoms with Gasteiger partial charge in [-0.05, 0) is 24.3 Å². The third-order valence-corrected chi connectivity index (χ3v) is 3.39. The van der Waals surface area contributed by atoms with Gasteiger partial charge in [-0.15, -0.1) is 0 Å². The number of rotatable bonds is 5. The molecule has 0 aliphatic rings. The van der Waals surface area contributed by atoms with Crippen molar-refractivity contribution in [3.05, 3.63) is 58.2 Å². The van der Waals surface area contributed by atoms with Crippen LogP contribution in [0.5, 0.6) is 0 Å². The zero-order valence-electron chi connectivity index (χ0n) is 13.1. The summed E-state index contributed by atoms with van der Waals surface area (Å²) in [5.41, 5.74) is -0.372. The summed E-state index contributed by atoms with van der Waals surface area (Å²) in [4.78, 5) is 33.2. The van der Waals surface area contributed by atoms with Gasteiger partial charge in [0.05, 0.1) is 4.92 Å². The number of nitrogens with one attached hydrogen (secondary N) is 2. The predicted octanol–water partition coefficient (Wildman–Crippen LogP) is 0.861. The third kappa shape index (κ3) is 4.38. The summed E-state index contributed by atoms with van der Waals surface area (Å²) in [6, 6.07) is 6.08. The van der Waals surface area contributed by atoms with Crippen LogP contribution in [0.15, 0.2) is 36.5 Å². The lowest BCUT2D eigenvalue weighted by molar-refractivity contribution is -0.387. The molecular formula is C15H15FN4O5. The molecule has 0 saturated carbocycles. The zero-order valence-corrected chi connectivity index (χ0v) is 13.1. The van der Waals surface area contributed by atoms with Crippen molar-refractivity contribution < 1.29 is 24.0 Å². The van der Waals surface area contributed by atoms with Crippen molar-refractivity contribution in [2.75, 3.05) is 11.9 Å². The van der Waals surface area contributed by atoms with Crippen LogP contribution in [-0.2, 0) is 16.6 Å². The lowest BCUT2D eigenvalue weighted by Gasteiger charge is -2.13. The Balaban J connectivity index is 1.94. The summed E-state index contributed by atoms with van der Waals surface area (Å²) in [5, 5.41) is 25.0. The van der Waals surface area contributed by atoms with Gasteiger partial charge < -0.3 is 20.3 Å². The number of aryl methyl sites for hydroxylation is 1. The number of aromatic nitrogens is 1. The second kappa shape index (κ2) is 7.53. The van der Waals surface area contributed by atoms with Crippen LogP contribution in [0.3, 0.4) is 0 Å². The number of nitro groups is 1. The predicted molar refractivity (Wildman–Crippen MR) is 85.1 cm³/mol. The fourth-order valence-corrected chi connectivity index (χ4v) is 2.11. The van der Waals surface area contributed by atoms with Crippen molar-refractivity contribution in [2.24, 2.45) is 7.05 Å². The lowest BCUT2D eigenvalue weighted by atomic mass is 10.2. The van der Waals surface area contributed by atoms with Gasteiger partial charge in [0, 0.05) is 37.2 Å². The number of aliphatic hydroxyl groups is 1. The Morgan fingerprint density at radius 2 is 2.08 bits per heavy atom. The number of carbonyl (C=O) groups excluding carboxylic acids is 2. The fourth-order valence-electron chi connectivity index (χ4n) is 2.11. The van der Waals surface area contributed by atoms with E-state index in [1.807, 2.05) is 0 Å². The van der Waals surface area contributed by atoms with E-state index in [1.54, 1.807) is 29.9 Å². The Bertz CT molecular complexity index is 820. The van der Waals surface area contributed by atoms with Gasteiger partial charge in [-0.25, -0.2) is 0 Å². The smallest absolute Gasteiger partial charge is 0.313 e. The van der Waals surface area contributed by atoms with Crippen LogP contribution in [0.4, 0.5) is 15.8 Å². The minimum absolute atomic E-state index is 0.101. The summed E-state index contributed by atoms with van der Waals surface area (Å²) in [5.74, 6) is -3.20. The highest BCUT2D eigenvalue weighted by molar-refractivity contribution is 6.39. The Morgan fingerprint density at radius 3 is 2.68 bits per heavy atom. The molecule has 2 aromatic rings. The molecule has 1 aromatic heterocycles. The van der Waals surface area contributed by atoms with Crippen molar-refractivity contribution in [3.63, 3.8) is 0 Å². The molecule has 10 heteroatoms. The van der Waals surface area contributed by atoms with E-state index < -0.39 is 34.3 Å². The highest BCUT2D eigenvalue weighted by atomic mass is 19.1. The van der Waals surface area contributed by atoms with Gasteiger partial charge in [0.1, 0.15) is 6.10 Å². The lowest BCUT2D eigenvalue weighted by Crippen LogP contribution is -2.37. The average molecular weight is 350 g/mol. The Morgan fingerprint density at radius 1 is 1.36 bits per heavy atom. The quantitative estimate of drug-likeness (QED) is 0.419. The van der Waals surface area contributed by atoms with E-state index in [1.165, 1.54) is 0 Å². The standard InChI is InChI=1S/C15H15FN4O5/c1-19-6-2-3-11(19)13(21)8-17-14(22)15(23)18-9-4-5-10(16)12(7-9)20(24)25/h2-7,13,21H,8H2,1H3,(H,17,22)(H,18,23). The Kier molecular flexibility index (Phi) is 5.45. The fraction of sp³-hybridized carbons (Fsp3) is 0.200. The molecular weight excluding hydrogens is 335 g/mol. The van der Waals surface area contributed by atoms with Gasteiger partial charge in [-0.2, -0.15) is 4.39 Å². The normalized spacial score (nSPS) is 11.6. The number of halogens is 1. The summed E-state index contributed by atoms with van der Waals surface area (Å²) in [7, 11) is 1.72. The first-order chi connectivity index (χ1) is 11.8. The SMILES string of the molecule is Cn1cccc1C(O)CNC(=O)C(=O)Nc1ccc(F)c([N+](=O)[O-])c1. The monoisotopic (exact) mass is 350 g/mol. The van der Waals surface area contributed by atoms with Crippen molar-refractivity contribution in [1.29, 1.82) is 0 Å². The minimum atomic E-state index is -1.10. The molecule has 0 spiro atoms. The number of benzene rings is 1. The van der Waals surface area contributed by atoms with E-state index in [-0.39, 0.29) is 12.2 Å². The largest absolute Gasteiger partial charge is 0.385 e. The molecule has 2 rings (SSSR count). The van der Waals surface area contributed by atoms with Gasteiger partial charge in [-0.3, -0.25) is 19.7 Å². The number of amides is 2. The first kappa shape index (κ1) is 18.1. The number of hydrogen-bond donors (Lipinski definition) is 3. The summed E-state index contributed by atoms with van der Waals surface area (Å²) in [6.07, 6.45) is 0.706. The number of nitro benzene ring substituents is 1.